The molecule has 0 saturated heterocycles. The van der Waals surface area contributed by atoms with Crippen molar-refractivity contribution in [1.82, 2.24) is 0 Å². The first-order valence-corrected chi connectivity index (χ1v) is 14.1. The Morgan fingerprint density at radius 1 is 0.658 bits per heavy atom. The average molecular weight is 538 g/mol. The van der Waals surface area contributed by atoms with Crippen LogP contribution in [0, 0.1) is 0 Å². The van der Waals surface area contributed by atoms with Gasteiger partial charge in [-0.3, -0.25) is 0 Å². The Kier molecular flexibility index (Phi) is 7.22. The molecule has 188 valence electrons. The summed E-state index contributed by atoms with van der Waals surface area (Å²) in [5, 5.41) is 9.68. The number of nitrogens with zero attached hydrogens (tertiary/aromatic N) is 1. The van der Waals surface area contributed by atoms with E-state index in [0.717, 1.165) is 27.5 Å². The number of carbonyl (C=O) groups is 1. The van der Waals surface area contributed by atoms with Crippen LogP contribution in [-0.2, 0) is 14.6 Å². The number of sulfone groups is 1. The lowest BCUT2D eigenvalue weighted by molar-refractivity contribution is -0.131. The zero-order valence-electron chi connectivity index (χ0n) is 20.1. The fourth-order valence-corrected chi connectivity index (χ4v) is 6.38. The van der Waals surface area contributed by atoms with Crippen molar-refractivity contribution in [2.24, 2.45) is 0 Å². The van der Waals surface area contributed by atoms with Gasteiger partial charge < -0.3 is 10.0 Å². The van der Waals surface area contributed by atoms with Crippen molar-refractivity contribution in [2.75, 3.05) is 4.90 Å². The summed E-state index contributed by atoms with van der Waals surface area (Å²) < 4.78 is 25.9. The van der Waals surface area contributed by atoms with Crippen molar-refractivity contribution in [2.45, 2.75) is 4.90 Å². The van der Waals surface area contributed by atoms with Crippen LogP contribution in [0.3, 0.4) is 0 Å². The fraction of sp³-hybridized carbons (Fsp3) is 0. The zero-order valence-corrected chi connectivity index (χ0v) is 21.8. The van der Waals surface area contributed by atoms with Gasteiger partial charge in [-0.05, 0) is 72.3 Å². The van der Waals surface area contributed by atoms with E-state index in [4.69, 9.17) is 0 Å². The molecule has 1 heterocycles. The summed E-state index contributed by atoms with van der Waals surface area (Å²) in [4.78, 5) is 14.8. The number of para-hydroxylation sites is 2. The third-order valence-electron chi connectivity index (χ3n) is 5.89. The van der Waals surface area contributed by atoms with E-state index in [1.54, 1.807) is 24.3 Å². The van der Waals surface area contributed by atoms with E-state index in [1.807, 2.05) is 66.7 Å². The number of anilines is 3. The number of rotatable bonds is 8. The molecule has 0 unspecified atom stereocenters. The molecule has 7 heteroatoms. The molecule has 0 atom stereocenters. The maximum absolute atomic E-state index is 12.9. The van der Waals surface area contributed by atoms with Crippen molar-refractivity contribution in [3.05, 3.63) is 137 Å². The highest BCUT2D eigenvalue weighted by molar-refractivity contribution is 7.96. The number of carboxylic acid groups (broad SMARTS) is 1. The van der Waals surface area contributed by atoms with Crippen LogP contribution in [0.25, 0.3) is 16.5 Å². The lowest BCUT2D eigenvalue weighted by Gasteiger charge is -2.25. The fourth-order valence-electron chi connectivity index (χ4n) is 4.07. The predicted molar refractivity (Wildman–Crippen MR) is 154 cm³/mol. The van der Waals surface area contributed by atoms with Crippen molar-refractivity contribution in [3.8, 4) is 10.4 Å². The van der Waals surface area contributed by atoms with Gasteiger partial charge in [0.05, 0.1) is 4.90 Å². The number of benzene rings is 4. The molecule has 0 aliphatic heterocycles. The second kappa shape index (κ2) is 10.9. The summed E-state index contributed by atoms with van der Waals surface area (Å²) in [6.45, 7) is 0. The van der Waals surface area contributed by atoms with E-state index in [1.165, 1.54) is 29.5 Å². The Bertz CT molecular complexity index is 1640. The van der Waals surface area contributed by atoms with Crippen LogP contribution in [-0.4, -0.2) is 19.5 Å². The van der Waals surface area contributed by atoms with Crippen LogP contribution >= 0.6 is 11.3 Å². The summed E-state index contributed by atoms with van der Waals surface area (Å²) in [5.74, 6) is -1.49. The molecule has 0 radical (unpaired) electrons. The van der Waals surface area contributed by atoms with Gasteiger partial charge in [-0.15, -0.1) is 11.3 Å². The Labute approximate surface area is 225 Å². The largest absolute Gasteiger partial charge is 0.477 e. The Balaban J connectivity index is 1.46. The minimum absolute atomic E-state index is 0.0533. The maximum atomic E-state index is 12.9. The summed E-state index contributed by atoms with van der Waals surface area (Å²) in [6.07, 6.45) is 1.22. The molecule has 5 nitrogen and oxygen atoms in total. The van der Waals surface area contributed by atoms with E-state index in [-0.39, 0.29) is 4.90 Å². The second-order valence-corrected chi connectivity index (χ2v) is 11.4. The SMILES string of the molecule is O=C(O)C(=Cc1ccc(-c2ccc(N(c3ccccc3)c3ccccc3)cc2)s1)S(=O)(=O)c1ccccc1. The van der Waals surface area contributed by atoms with E-state index in [0.29, 0.717) is 4.88 Å². The third kappa shape index (κ3) is 5.29. The van der Waals surface area contributed by atoms with Crippen LogP contribution in [0.5, 0.6) is 0 Å². The second-order valence-electron chi connectivity index (χ2n) is 8.39. The standard InChI is InChI=1S/C31H23NO4S2/c33-31(34)30(38(35,36)28-14-8-3-9-15-28)22-27-20-21-29(37-27)23-16-18-26(19-17-23)32(24-10-4-1-5-11-24)25-12-6-2-7-13-25/h1-22H,(H,33,34). The molecule has 0 amide bonds. The highest BCUT2D eigenvalue weighted by atomic mass is 32.2. The molecule has 0 spiro atoms. The minimum atomic E-state index is -4.16. The van der Waals surface area contributed by atoms with Crippen LogP contribution in [0.15, 0.2) is 137 Å². The van der Waals surface area contributed by atoms with Crippen molar-refractivity contribution in [3.63, 3.8) is 0 Å². The summed E-state index contributed by atoms with van der Waals surface area (Å²) in [6, 6.07) is 39.5. The first-order valence-electron chi connectivity index (χ1n) is 11.8. The topological polar surface area (TPSA) is 74.7 Å². The van der Waals surface area contributed by atoms with E-state index >= 15 is 0 Å². The Morgan fingerprint density at radius 3 is 1.68 bits per heavy atom. The highest BCUT2D eigenvalue weighted by Crippen LogP contribution is 2.37. The zero-order chi connectivity index (χ0) is 26.5. The van der Waals surface area contributed by atoms with Crippen LogP contribution < -0.4 is 4.90 Å². The van der Waals surface area contributed by atoms with Gasteiger partial charge in [-0.2, -0.15) is 0 Å². The van der Waals surface area contributed by atoms with Gasteiger partial charge in [0, 0.05) is 26.8 Å². The number of carboxylic acids is 1. The molecule has 5 rings (SSSR count). The summed E-state index contributed by atoms with van der Waals surface area (Å²) in [7, 11) is -4.16. The summed E-state index contributed by atoms with van der Waals surface area (Å²) >= 11 is 1.33. The van der Waals surface area contributed by atoms with Crippen molar-refractivity contribution >= 4 is 50.3 Å². The lowest BCUT2D eigenvalue weighted by atomic mass is 10.1. The molecule has 38 heavy (non-hydrogen) atoms. The van der Waals surface area contributed by atoms with Crippen LogP contribution in [0.4, 0.5) is 17.1 Å². The predicted octanol–water partition coefficient (Wildman–Crippen LogP) is 7.78. The molecule has 1 aromatic heterocycles. The van der Waals surface area contributed by atoms with Gasteiger partial charge >= 0.3 is 5.97 Å². The third-order valence-corrected chi connectivity index (χ3v) is 8.74. The first kappa shape index (κ1) is 25.2. The number of aliphatic carboxylic acids is 1. The number of hydrogen-bond donors (Lipinski definition) is 1. The molecular weight excluding hydrogens is 514 g/mol. The Hall–Kier alpha value is -4.46. The minimum Gasteiger partial charge on any atom is -0.477 e. The molecule has 0 fully saturated rings. The molecule has 0 aliphatic carbocycles. The van der Waals surface area contributed by atoms with Crippen LogP contribution in [0.2, 0.25) is 0 Å². The van der Waals surface area contributed by atoms with Crippen LogP contribution in [0.1, 0.15) is 4.88 Å². The van der Waals surface area contributed by atoms with Gasteiger partial charge in [0.2, 0.25) is 9.84 Å². The van der Waals surface area contributed by atoms with E-state index < -0.39 is 20.7 Å². The number of hydrogen-bond acceptors (Lipinski definition) is 5. The molecule has 5 aromatic rings. The van der Waals surface area contributed by atoms with Crippen molar-refractivity contribution in [1.29, 1.82) is 0 Å². The molecular formula is C31H23NO4S2. The molecule has 1 N–H and O–H groups in total. The van der Waals surface area contributed by atoms with Gasteiger partial charge in [-0.1, -0.05) is 66.7 Å². The average Bonchev–Trinajstić information content (AvgIpc) is 3.43. The molecule has 4 aromatic carbocycles. The number of thiophene rings is 1. The Morgan fingerprint density at radius 2 is 1.16 bits per heavy atom. The van der Waals surface area contributed by atoms with Gasteiger partial charge in [0.1, 0.15) is 0 Å². The van der Waals surface area contributed by atoms with E-state index in [9.17, 15) is 18.3 Å². The van der Waals surface area contributed by atoms with Gasteiger partial charge in [-0.25, -0.2) is 13.2 Å². The maximum Gasteiger partial charge on any atom is 0.347 e. The highest BCUT2D eigenvalue weighted by Gasteiger charge is 2.27. The van der Waals surface area contributed by atoms with Gasteiger partial charge in [0.15, 0.2) is 4.91 Å². The van der Waals surface area contributed by atoms with Crippen molar-refractivity contribution < 1.29 is 18.3 Å². The van der Waals surface area contributed by atoms with Gasteiger partial charge in [0.25, 0.3) is 0 Å². The molecule has 0 saturated carbocycles. The summed E-state index contributed by atoms with van der Waals surface area (Å²) in [5.41, 5.74) is 4.01. The monoisotopic (exact) mass is 537 g/mol. The normalized spacial score (nSPS) is 11.7. The molecule has 0 bridgehead atoms. The quantitative estimate of drug-likeness (QED) is 0.205. The lowest BCUT2D eigenvalue weighted by Crippen LogP contribution is -2.13. The molecule has 0 aliphatic rings. The first-order chi connectivity index (χ1) is 18.4. The smallest absolute Gasteiger partial charge is 0.347 e. The van der Waals surface area contributed by atoms with E-state index in [2.05, 4.69) is 29.2 Å².